The van der Waals surface area contributed by atoms with Gasteiger partial charge in [0.1, 0.15) is 5.69 Å². The fourth-order valence-electron chi connectivity index (χ4n) is 2.88. The lowest BCUT2D eigenvalue weighted by molar-refractivity contribution is -0.141. The van der Waals surface area contributed by atoms with Crippen LogP contribution >= 0.6 is 11.3 Å². The highest BCUT2D eigenvalue weighted by Crippen LogP contribution is 2.31. The molecule has 0 aliphatic rings. The van der Waals surface area contributed by atoms with Crippen LogP contribution in [0.2, 0.25) is 0 Å². The molecule has 12 heteroatoms. The molecule has 8 nitrogen and oxygen atoms in total. The molecule has 0 aromatic carbocycles. The molecule has 0 saturated carbocycles. The van der Waals surface area contributed by atoms with E-state index in [1.165, 1.54) is 10.5 Å². The Balaban J connectivity index is 2.01. The first-order valence-corrected chi connectivity index (χ1v) is 10.4. The standard InChI is InChI=1S/C19H22F3N5O3S/c1-5-23-17(29)16-11(4)31-18-24-12(6-14(28)27(16)18)8-26-15(30-9-10(2)3)7-13(25-26)19(20,21)22/h6-7,10H,5,8-9H2,1-4H3,(H,23,29). The summed E-state index contributed by atoms with van der Waals surface area (Å²) in [6, 6.07) is 2.01. The number of ether oxygens (including phenoxy) is 1. The lowest BCUT2D eigenvalue weighted by Crippen LogP contribution is -2.28. The van der Waals surface area contributed by atoms with Crippen molar-refractivity contribution in [1.82, 2.24) is 24.5 Å². The molecule has 0 unspecified atom stereocenters. The van der Waals surface area contributed by atoms with Crippen molar-refractivity contribution in [3.8, 4) is 5.88 Å². The van der Waals surface area contributed by atoms with Gasteiger partial charge in [-0.1, -0.05) is 13.8 Å². The number of nitrogens with zero attached hydrogens (tertiary/aromatic N) is 4. The number of hydrogen-bond acceptors (Lipinski definition) is 6. The molecule has 168 valence electrons. The average Bonchev–Trinajstić information content (AvgIpc) is 3.20. The van der Waals surface area contributed by atoms with Crippen molar-refractivity contribution >= 4 is 22.2 Å². The molecule has 3 rings (SSSR count). The first-order valence-electron chi connectivity index (χ1n) is 9.59. The van der Waals surface area contributed by atoms with E-state index in [0.717, 1.165) is 22.1 Å². The van der Waals surface area contributed by atoms with Crippen molar-refractivity contribution in [3.05, 3.63) is 44.4 Å². The van der Waals surface area contributed by atoms with Crippen LogP contribution in [0.4, 0.5) is 13.2 Å². The number of carbonyl (C=O) groups excluding carboxylic acids is 1. The van der Waals surface area contributed by atoms with Crippen molar-refractivity contribution < 1.29 is 22.7 Å². The summed E-state index contributed by atoms with van der Waals surface area (Å²) in [5.74, 6) is -0.360. The van der Waals surface area contributed by atoms with E-state index < -0.39 is 23.3 Å². The van der Waals surface area contributed by atoms with Crippen LogP contribution in [0.1, 0.15) is 47.5 Å². The van der Waals surface area contributed by atoms with Crippen molar-refractivity contribution in [3.63, 3.8) is 0 Å². The molecule has 0 aliphatic carbocycles. The van der Waals surface area contributed by atoms with E-state index in [-0.39, 0.29) is 41.3 Å². The normalized spacial score (nSPS) is 12.0. The molecule has 0 spiro atoms. The Morgan fingerprint density at radius 3 is 2.65 bits per heavy atom. The van der Waals surface area contributed by atoms with Gasteiger partial charge >= 0.3 is 6.18 Å². The number of thiazole rings is 1. The molecule has 3 aromatic rings. The monoisotopic (exact) mass is 457 g/mol. The van der Waals surface area contributed by atoms with Crippen molar-refractivity contribution in [2.45, 2.75) is 40.4 Å². The Hall–Kier alpha value is -2.89. The minimum absolute atomic E-state index is 0.0617. The molecular formula is C19H22F3N5O3S. The Bertz CT molecular complexity index is 1160. The number of halogens is 3. The van der Waals surface area contributed by atoms with E-state index in [9.17, 15) is 22.8 Å². The van der Waals surface area contributed by atoms with E-state index in [0.29, 0.717) is 11.4 Å². The Morgan fingerprint density at radius 2 is 2.03 bits per heavy atom. The predicted octanol–water partition coefficient (Wildman–Crippen LogP) is 3.11. The van der Waals surface area contributed by atoms with Crippen molar-refractivity contribution in [1.29, 1.82) is 0 Å². The minimum atomic E-state index is -4.63. The molecular weight excluding hydrogens is 435 g/mol. The zero-order valence-electron chi connectivity index (χ0n) is 17.4. The zero-order valence-corrected chi connectivity index (χ0v) is 18.2. The summed E-state index contributed by atoms with van der Waals surface area (Å²) >= 11 is 1.15. The molecule has 1 amide bonds. The third-order valence-corrected chi connectivity index (χ3v) is 5.16. The van der Waals surface area contributed by atoms with Crippen LogP contribution < -0.4 is 15.6 Å². The Kier molecular flexibility index (Phi) is 6.39. The van der Waals surface area contributed by atoms with Crippen LogP contribution in [0.5, 0.6) is 5.88 Å². The maximum atomic E-state index is 13.1. The minimum Gasteiger partial charge on any atom is -0.478 e. The second kappa shape index (κ2) is 8.69. The third kappa shape index (κ3) is 4.89. The summed E-state index contributed by atoms with van der Waals surface area (Å²) in [6.45, 7) is 7.61. The largest absolute Gasteiger partial charge is 0.478 e. The first kappa shape index (κ1) is 22.8. The number of aromatic nitrogens is 4. The highest BCUT2D eigenvalue weighted by atomic mass is 32.1. The van der Waals surface area contributed by atoms with Crippen LogP contribution in [0.15, 0.2) is 16.9 Å². The topological polar surface area (TPSA) is 90.5 Å². The van der Waals surface area contributed by atoms with Crippen molar-refractivity contribution in [2.24, 2.45) is 5.92 Å². The number of amides is 1. The zero-order chi connectivity index (χ0) is 22.9. The number of nitrogens with one attached hydrogen (secondary N) is 1. The number of aryl methyl sites for hydroxylation is 1. The predicted molar refractivity (Wildman–Crippen MR) is 109 cm³/mol. The molecule has 0 fully saturated rings. The molecule has 31 heavy (non-hydrogen) atoms. The van der Waals surface area contributed by atoms with Gasteiger partial charge in [-0.05, 0) is 19.8 Å². The van der Waals surface area contributed by atoms with Gasteiger partial charge in [0.05, 0.1) is 18.8 Å². The van der Waals surface area contributed by atoms with Gasteiger partial charge in [0, 0.05) is 23.6 Å². The average molecular weight is 457 g/mol. The molecule has 0 radical (unpaired) electrons. The van der Waals surface area contributed by atoms with Crippen LogP contribution in [0.3, 0.4) is 0 Å². The van der Waals surface area contributed by atoms with Gasteiger partial charge in [0.2, 0.25) is 5.88 Å². The van der Waals surface area contributed by atoms with E-state index >= 15 is 0 Å². The molecule has 0 atom stereocenters. The molecule has 1 N–H and O–H groups in total. The SMILES string of the molecule is CCNC(=O)c1c(C)sc2nc(Cn3nc(C(F)(F)F)cc3OCC(C)C)cc(=O)n12. The highest BCUT2D eigenvalue weighted by molar-refractivity contribution is 7.17. The van der Waals surface area contributed by atoms with Gasteiger partial charge in [-0.2, -0.15) is 18.3 Å². The highest BCUT2D eigenvalue weighted by Gasteiger charge is 2.35. The first-order chi connectivity index (χ1) is 14.5. The van der Waals surface area contributed by atoms with E-state index in [1.54, 1.807) is 13.8 Å². The molecule has 0 bridgehead atoms. The lowest BCUT2D eigenvalue weighted by atomic mass is 10.2. The van der Waals surface area contributed by atoms with Crippen LogP contribution in [-0.4, -0.2) is 38.2 Å². The molecule has 3 aromatic heterocycles. The van der Waals surface area contributed by atoms with E-state index in [4.69, 9.17) is 4.74 Å². The second-order valence-electron chi connectivity index (χ2n) is 7.30. The van der Waals surface area contributed by atoms with E-state index in [2.05, 4.69) is 15.4 Å². The van der Waals surface area contributed by atoms with Gasteiger partial charge in [-0.15, -0.1) is 11.3 Å². The summed E-state index contributed by atoms with van der Waals surface area (Å²) in [4.78, 5) is 30.3. The van der Waals surface area contributed by atoms with Gasteiger partial charge in [-0.25, -0.2) is 14.1 Å². The molecule has 0 aliphatic heterocycles. The smallest absolute Gasteiger partial charge is 0.435 e. The van der Waals surface area contributed by atoms with Gasteiger partial charge in [0.15, 0.2) is 10.7 Å². The number of fused-ring (bicyclic) bond motifs is 1. The van der Waals surface area contributed by atoms with Gasteiger partial charge < -0.3 is 10.1 Å². The number of alkyl halides is 3. The summed E-state index contributed by atoms with van der Waals surface area (Å²) < 4.78 is 47.1. The Labute approximate surface area is 179 Å². The summed E-state index contributed by atoms with van der Waals surface area (Å²) in [5.41, 5.74) is -1.18. The van der Waals surface area contributed by atoms with Crippen LogP contribution in [0.25, 0.3) is 4.96 Å². The fourth-order valence-corrected chi connectivity index (χ4v) is 3.87. The summed E-state index contributed by atoms with van der Waals surface area (Å²) in [5, 5.41) is 6.25. The molecule has 3 heterocycles. The second-order valence-corrected chi connectivity index (χ2v) is 8.48. The summed E-state index contributed by atoms with van der Waals surface area (Å²) in [7, 11) is 0. The van der Waals surface area contributed by atoms with Crippen molar-refractivity contribution in [2.75, 3.05) is 13.2 Å². The van der Waals surface area contributed by atoms with Crippen LogP contribution in [0, 0.1) is 12.8 Å². The number of hydrogen-bond donors (Lipinski definition) is 1. The Morgan fingerprint density at radius 1 is 1.32 bits per heavy atom. The maximum Gasteiger partial charge on any atom is 0.435 e. The van der Waals surface area contributed by atoms with Gasteiger partial charge in [0.25, 0.3) is 11.5 Å². The number of carbonyl (C=O) groups is 1. The third-order valence-electron chi connectivity index (χ3n) is 4.20. The van der Waals surface area contributed by atoms with Gasteiger partial charge in [-0.3, -0.25) is 9.59 Å². The lowest BCUT2D eigenvalue weighted by Gasteiger charge is -2.10. The van der Waals surface area contributed by atoms with E-state index in [1.807, 2.05) is 13.8 Å². The fraction of sp³-hybridized carbons (Fsp3) is 0.474. The number of rotatable bonds is 7. The summed E-state index contributed by atoms with van der Waals surface area (Å²) in [6.07, 6.45) is -4.63. The quantitative estimate of drug-likeness (QED) is 0.589. The van der Waals surface area contributed by atoms with Crippen LogP contribution in [-0.2, 0) is 12.7 Å². The molecule has 0 saturated heterocycles. The maximum absolute atomic E-state index is 13.1.